The summed E-state index contributed by atoms with van der Waals surface area (Å²) >= 11 is 0. The van der Waals surface area contributed by atoms with E-state index in [0.717, 1.165) is 52.2 Å². The van der Waals surface area contributed by atoms with E-state index in [1.165, 1.54) is 0 Å². The number of aromatic nitrogens is 1. The Labute approximate surface area is 228 Å². The maximum atomic E-state index is 6.20. The normalized spacial score (nSPS) is 13.9. The molecule has 0 bridgehead atoms. The lowest BCUT2D eigenvalue weighted by Gasteiger charge is -2.40. The second-order valence-corrected chi connectivity index (χ2v) is 9.60. The Morgan fingerprint density at radius 3 is 2.03 bits per heavy atom. The summed E-state index contributed by atoms with van der Waals surface area (Å²) in [6, 6.07) is 39.6. The summed E-state index contributed by atoms with van der Waals surface area (Å²) in [5, 5.41) is 0. The van der Waals surface area contributed by atoms with Gasteiger partial charge < -0.3 is 24.3 Å². The second kappa shape index (κ2) is 9.58. The van der Waals surface area contributed by atoms with Crippen molar-refractivity contribution in [2.75, 3.05) is 28.4 Å². The van der Waals surface area contributed by atoms with Gasteiger partial charge in [-0.3, -0.25) is 0 Å². The molecule has 6 nitrogen and oxygen atoms in total. The van der Waals surface area contributed by atoms with E-state index >= 15 is 0 Å². The molecule has 1 aromatic heterocycles. The minimum atomic E-state index is 0.562. The quantitative estimate of drug-likeness (QED) is 0.233. The van der Waals surface area contributed by atoms with E-state index < -0.39 is 0 Å². The summed E-state index contributed by atoms with van der Waals surface area (Å²) in [7, 11) is 2.08. The molecule has 0 saturated carbocycles. The topological polar surface area (TPSA) is 35.1 Å². The van der Waals surface area contributed by atoms with Crippen LogP contribution in [0.15, 0.2) is 134 Å². The van der Waals surface area contributed by atoms with E-state index in [0.29, 0.717) is 5.88 Å². The molecule has 39 heavy (non-hydrogen) atoms. The summed E-state index contributed by atoms with van der Waals surface area (Å²) in [5.41, 5.74) is 7.61. The smallest absolute Gasteiger partial charge is 0.219 e. The number of anilines is 7. The van der Waals surface area contributed by atoms with Crippen LogP contribution in [0.1, 0.15) is 0 Å². The molecule has 7 rings (SSSR count). The Hall–Kier alpha value is -5.23. The molecule has 2 aliphatic heterocycles. The molecule has 0 aliphatic carbocycles. The minimum Gasteiger partial charge on any atom is -0.439 e. The zero-order valence-electron chi connectivity index (χ0n) is 21.6. The number of rotatable bonds is 5. The van der Waals surface area contributed by atoms with E-state index in [1.54, 1.807) is 6.20 Å². The molecule has 4 aromatic carbocycles. The summed E-state index contributed by atoms with van der Waals surface area (Å²) < 4.78 is 6.20. The van der Waals surface area contributed by atoms with Gasteiger partial charge >= 0.3 is 0 Å². The average molecular weight is 510 g/mol. The Morgan fingerprint density at radius 1 is 0.590 bits per heavy atom. The number of fused-ring (bicyclic) bond motifs is 2. The van der Waals surface area contributed by atoms with E-state index in [9.17, 15) is 0 Å². The lowest BCUT2D eigenvalue weighted by atomic mass is 10.0. The predicted molar refractivity (Wildman–Crippen MR) is 158 cm³/mol. The third kappa shape index (κ3) is 4.22. The fourth-order valence-electron chi connectivity index (χ4n) is 5.21. The average Bonchev–Trinajstić information content (AvgIpc) is 3.43. The minimum absolute atomic E-state index is 0.562. The standard InChI is InChI=1S/C33H27N5O/c1-35-20-21-36(24-35)26-12-9-13-27(22-26)38-30-15-6-5-14-29(30)37(25-10-3-2-4-11-25)31-18-17-28(23-32(31)38)39-33-16-7-8-19-34-33/h2-23H,24H2,1H3. The first-order valence-electron chi connectivity index (χ1n) is 13.0. The number of pyridine rings is 1. The van der Waals surface area contributed by atoms with Crippen LogP contribution in [-0.4, -0.2) is 23.6 Å². The Balaban J connectivity index is 1.40. The summed E-state index contributed by atoms with van der Waals surface area (Å²) in [5.74, 6) is 1.29. The molecule has 0 atom stereocenters. The highest BCUT2D eigenvalue weighted by atomic mass is 16.5. The van der Waals surface area contributed by atoms with Crippen molar-refractivity contribution in [3.63, 3.8) is 0 Å². The number of benzene rings is 4. The highest BCUT2D eigenvalue weighted by molar-refractivity contribution is 6.02. The summed E-state index contributed by atoms with van der Waals surface area (Å²) in [4.78, 5) is 13.4. The van der Waals surface area contributed by atoms with E-state index in [1.807, 2.05) is 30.3 Å². The molecule has 0 radical (unpaired) electrons. The highest BCUT2D eigenvalue weighted by Gasteiger charge is 2.31. The molecule has 0 N–H and O–H groups in total. The first-order valence-corrected chi connectivity index (χ1v) is 13.0. The molecule has 6 heteroatoms. The maximum Gasteiger partial charge on any atom is 0.219 e. The van der Waals surface area contributed by atoms with Gasteiger partial charge in [0.15, 0.2) is 0 Å². The second-order valence-electron chi connectivity index (χ2n) is 9.60. The third-order valence-electron chi connectivity index (χ3n) is 6.96. The third-order valence-corrected chi connectivity index (χ3v) is 6.96. The molecule has 5 aromatic rings. The predicted octanol–water partition coefficient (Wildman–Crippen LogP) is 8.31. The van der Waals surface area contributed by atoms with E-state index in [-0.39, 0.29) is 0 Å². The van der Waals surface area contributed by atoms with Gasteiger partial charge in [-0.1, -0.05) is 42.5 Å². The van der Waals surface area contributed by atoms with Crippen molar-refractivity contribution in [1.82, 2.24) is 9.88 Å². The number of hydrogen-bond donors (Lipinski definition) is 0. The van der Waals surface area contributed by atoms with Crippen LogP contribution >= 0.6 is 0 Å². The van der Waals surface area contributed by atoms with Gasteiger partial charge in [0.25, 0.3) is 0 Å². The van der Waals surface area contributed by atoms with Crippen LogP contribution in [0.5, 0.6) is 11.6 Å². The van der Waals surface area contributed by atoms with Gasteiger partial charge in [0, 0.05) is 54.8 Å². The van der Waals surface area contributed by atoms with Gasteiger partial charge in [-0.25, -0.2) is 4.98 Å². The number of hydrogen-bond acceptors (Lipinski definition) is 6. The zero-order valence-corrected chi connectivity index (χ0v) is 21.6. The van der Waals surface area contributed by atoms with Crippen LogP contribution in [0.4, 0.5) is 39.8 Å². The molecular formula is C33H27N5O. The van der Waals surface area contributed by atoms with Crippen LogP contribution in [-0.2, 0) is 0 Å². The summed E-state index contributed by atoms with van der Waals surface area (Å²) in [6.07, 6.45) is 5.95. The highest BCUT2D eigenvalue weighted by Crippen LogP contribution is 2.55. The van der Waals surface area contributed by atoms with Crippen LogP contribution in [0, 0.1) is 0 Å². The van der Waals surface area contributed by atoms with Crippen molar-refractivity contribution in [1.29, 1.82) is 0 Å². The van der Waals surface area contributed by atoms with Gasteiger partial charge in [0.2, 0.25) is 5.88 Å². The van der Waals surface area contributed by atoms with E-state index in [4.69, 9.17) is 4.74 Å². The molecule has 0 fully saturated rings. The van der Waals surface area contributed by atoms with Crippen LogP contribution in [0.25, 0.3) is 0 Å². The Morgan fingerprint density at radius 2 is 1.28 bits per heavy atom. The van der Waals surface area contributed by atoms with Crippen molar-refractivity contribution in [3.05, 3.63) is 134 Å². The summed E-state index contributed by atoms with van der Waals surface area (Å²) in [6.45, 7) is 0.820. The van der Waals surface area contributed by atoms with Gasteiger partial charge in [-0.15, -0.1) is 0 Å². The van der Waals surface area contributed by atoms with Crippen LogP contribution < -0.4 is 19.4 Å². The number of para-hydroxylation sites is 3. The van der Waals surface area contributed by atoms with Crippen molar-refractivity contribution < 1.29 is 4.74 Å². The fourth-order valence-corrected chi connectivity index (χ4v) is 5.21. The Kier molecular flexibility index (Phi) is 5.63. The van der Waals surface area contributed by atoms with Crippen LogP contribution in [0.3, 0.4) is 0 Å². The van der Waals surface area contributed by atoms with Crippen molar-refractivity contribution >= 4 is 39.8 Å². The monoisotopic (exact) mass is 509 g/mol. The first-order chi connectivity index (χ1) is 19.2. The van der Waals surface area contributed by atoms with Crippen molar-refractivity contribution in [2.24, 2.45) is 0 Å². The molecule has 0 saturated heterocycles. The zero-order chi connectivity index (χ0) is 26.2. The molecule has 190 valence electrons. The lowest BCUT2D eigenvalue weighted by molar-refractivity contribution is 0.463. The van der Waals surface area contributed by atoms with Gasteiger partial charge in [-0.05, 0) is 60.7 Å². The fraction of sp³-hybridized carbons (Fsp3) is 0.0606. The molecule has 0 unspecified atom stereocenters. The van der Waals surface area contributed by atoms with Crippen LogP contribution in [0.2, 0.25) is 0 Å². The van der Waals surface area contributed by atoms with Gasteiger partial charge in [-0.2, -0.15) is 0 Å². The van der Waals surface area contributed by atoms with Gasteiger partial charge in [0.05, 0.1) is 29.4 Å². The molecular weight excluding hydrogens is 482 g/mol. The number of nitrogens with zero attached hydrogens (tertiary/aromatic N) is 5. The largest absolute Gasteiger partial charge is 0.439 e. The number of ether oxygens (including phenoxy) is 1. The molecule has 2 aliphatic rings. The van der Waals surface area contributed by atoms with Crippen molar-refractivity contribution in [2.45, 2.75) is 0 Å². The van der Waals surface area contributed by atoms with Crippen molar-refractivity contribution in [3.8, 4) is 11.6 Å². The SMILES string of the molecule is CN1C=CN(c2cccc(N3c4ccccc4N(c4ccccc4)c4ccc(Oc5ccccn5)cc43)c2)C1. The Bertz CT molecular complexity index is 1650. The molecule has 0 amide bonds. The molecule has 3 heterocycles. The molecule has 0 spiro atoms. The maximum absolute atomic E-state index is 6.20. The first kappa shape index (κ1) is 22.9. The lowest BCUT2D eigenvalue weighted by Crippen LogP contribution is -2.24. The van der Waals surface area contributed by atoms with E-state index in [2.05, 4.69) is 129 Å². The van der Waals surface area contributed by atoms with Gasteiger partial charge in [0.1, 0.15) is 5.75 Å².